The summed E-state index contributed by atoms with van der Waals surface area (Å²) < 4.78 is 0. The van der Waals surface area contributed by atoms with Crippen molar-refractivity contribution in [3.8, 4) is 0 Å². The van der Waals surface area contributed by atoms with E-state index in [1.54, 1.807) is 25.8 Å². The van der Waals surface area contributed by atoms with Gasteiger partial charge < -0.3 is 15.3 Å². The van der Waals surface area contributed by atoms with E-state index in [9.17, 15) is 9.90 Å². The smallest absolute Gasteiger partial charge is 0.254 e. The Balaban J connectivity index is 2.24. The van der Waals surface area contributed by atoms with Crippen LogP contribution in [0.2, 0.25) is 0 Å². The van der Waals surface area contributed by atoms with Crippen LogP contribution in [0.5, 0.6) is 0 Å². The Kier molecular flexibility index (Phi) is 3.80. The zero-order valence-electron chi connectivity index (χ0n) is 11.9. The van der Waals surface area contributed by atoms with E-state index >= 15 is 0 Å². The molecular formula is C15H22N2O2. The first-order valence-corrected chi connectivity index (χ1v) is 6.72. The van der Waals surface area contributed by atoms with Crippen LogP contribution in [0, 0.1) is 0 Å². The largest absolute Gasteiger partial charge is 0.389 e. The van der Waals surface area contributed by atoms with Gasteiger partial charge in [-0.2, -0.15) is 0 Å². The summed E-state index contributed by atoms with van der Waals surface area (Å²) in [6.45, 7) is 4.70. The fourth-order valence-corrected chi connectivity index (χ4v) is 2.57. The van der Waals surface area contributed by atoms with E-state index in [0.717, 1.165) is 36.2 Å². The van der Waals surface area contributed by atoms with Crippen LogP contribution in [0.15, 0.2) is 18.2 Å². The van der Waals surface area contributed by atoms with Crippen molar-refractivity contribution in [3.63, 3.8) is 0 Å². The van der Waals surface area contributed by atoms with Crippen LogP contribution >= 0.6 is 0 Å². The molecule has 2 rings (SSSR count). The maximum absolute atomic E-state index is 12.5. The van der Waals surface area contributed by atoms with Crippen LogP contribution in [0.4, 0.5) is 5.69 Å². The van der Waals surface area contributed by atoms with Gasteiger partial charge in [-0.1, -0.05) is 6.07 Å². The van der Waals surface area contributed by atoms with E-state index in [2.05, 4.69) is 5.32 Å². The minimum absolute atomic E-state index is 0.0253. The predicted octanol–water partition coefficient (Wildman–Crippen LogP) is 1.89. The third-order valence-electron chi connectivity index (χ3n) is 3.30. The molecule has 2 N–H and O–H groups in total. The molecule has 0 aromatic heterocycles. The lowest BCUT2D eigenvalue weighted by Gasteiger charge is -2.27. The van der Waals surface area contributed by atoms with Gasteiger partial charge in [-0.05, 0) is 44.4 Å². The van der Waals surface area contributed by atoms with Crippen LogP contribution in [-0.2, 0) is 6.42 Å². The third kappa shape index (κ3) is 3.26. The molecular weight excluding hydrogens is 240 g/mol. The molecule has 1 aliphatic heterocycles. The number of likely N-dealkylation sites (N-methyl/N-ethyl adjacent to an activating group) is 1. The highest BCUT2D eigenvalue weighted by molar-refractivity contribution is 5.97. The predicted molar refractivity (Wildman–Crippen MR) is 76.5 cm³/mol. The summed E-state index contributed by atoms with van der Waals surface area (Å²) in [5, 5.41) is 13.1. The zero-order chi connectivity index (χ0) is 14.0. The summed E-state index contributed by atoms with van der Waals surface area (Å²) in [7, 11) is 1.73. The van der Waals surface area contributed by atoms with Crippen molar-refractivity contribution < 1.29 is 9.90 Å². The number of hydrogen-bond donors (Lipinski definition) is 2. The van der Waals surface area contributed by atoms with Crippen molar-refractivity contribution >= 4 is 11.6 Å². The number of carbonyl (C=O) groups is 1. The fraction of sp³-hybridized carbons (Fsp3) is 0.533. The molecule has 0 spiro atoms. The summed E-state index contributed by atoms with van der Waals surface area (Å²) in [5.74, 6) is -0.0253. The molecule has 1 aliphatic rings. The first-order chi connectivity index (χ1) is 8.88. The maximum atomic E-state index is 12.5. The minimum Gasteiger partial charge on any atom is -0.389 e. The highest BCUT2D eigenvalue weighted by atomic mass is 16.3. The Morgan fingerprint density at radius 3 is 2.89 bits per heavy atom. The standard InChI is InChI=1S/C15H22N2O2/c1-15(2,19)10-17(3)14(18)12-6-4-8-13-11(12)7-5-9-16-13/h4,6,8,16,19H,5,7,9-10H2,1-3H3. The topological polar surface area (TPSA) is 52.6 Å². The molecule has 1 heterocycles. The Morgan fingerprint density at radius 2 is 2.21 bits per heavy atom. The SMILES string of the molecule is CN(CC(C)(C)O)C(=O)c1cccc2c1CCCN2. The van der Waals surface area contributed by atoms with E-state index in [1.165, 1.54) is 0 Å². The van der Waals surface area contributed by atoms with E-state index in [-0.39, 0.29) is 5.91 Å². The molecule has 0 saturated carbocycles. The number of benzene rings is 1. The lowest BCUT2D eigenvalue weighted by molar-refractivity contribution is 0.0367. The molecule has 104 valence electrons. The zero-order valence-corrected chi connectivity index (χ0v) is 11.9. The number of amides is 1. The molecule has 4 heteroatoms. The number of aliphatic hydroxyl groups is 1. The van der Waals surface area contributed by atoms with Crippen molar-refractivity contribution in [1.82, 2.24) is 4.90 Å². The summed E-state index contributed by atoms with van der Waals surface area (Å²) in [6.07, 6.45) is 1.98. The quantitative estimate of drug-likeness (QED) is 0.874. The van der Waals surface area contributed by atoms with Gasteiger partial charge in [0, 0.05) is 31.4 Å². The maximum Gasteiger partial charge on any atom is 0.254 e. The van der Waals surface area contributed by atoms with Crippen LogP contribution < -0.4 is 5.32 Å². The molecule has 0 bridgehead atoms. The van der Waals surface area contributed by atoms with Gasteiger partial charge in [-0.25, -0.2) is 0 Å². The van der Waals surface area contributed by atoms with Gasteiger partial charge in [-0.3, -0.25) is 4.79 Å². The van der Waals surface area contributed by atoms with E-state index in [1.807, 2.05) is 18.2 Å². The van der Waals surface area contributed by atoms with Gasteiger partial charge in [0.25, 0.3) is 5.91 Å². The van der Waals surface area contributed by atoms with Gasteiger partial charge in [0.2, 0.25) is 0 Å². The molecule has 0 atom stereocenters. The lowest BCUT2D eigenvalue weighted by atomic mass is 9.96. The molecule has 0 aliphatic carbocycles. The fourth-order valence-electron chi connectivity index (χ4n) is 2.57. The first kappa shape index (κ1) is 13.9. The Hall–Kier alpha value is -1.55. The molecule has 1 amide bonds. The Labute approximate surface area is 114 Å². The van der Waals surface area contributed by atoms with Crippen molar-refractivity contribution in [1.29, 1.82) is 0 Å². The minimum atomic E-state index is -0.877. The Morgan fingerprint density at radius 1 is 1.47 bits per heavy atom. The number of fused-ring (bicyclic) bond motifs is 1. The second-order valence-corrected chi connectivity index (χ2v) is 5.84. The van der Waals surface area contributed by atoms with Crippen molar-refractivity contribution in [2.75, 3.05) is 25.5 Å². The van der Waals surface area contributed by atoms with Crippen molar-refractivity contribution in [2.24, 2.45) is 0 Å². The molecule has 4 nitrogen and oxygen atoms in total. The van der Waals surface area contributed by atoms with E-state index < -0.39 is 5.60 Å². The molecule has 1 aromatic carbocycles. The summed E-state index contributed by atoms with van der Waals surface area (Å²) in [5.41, 5.74) is 2.03. The van der Waals surface area contributed by atoms with Gasteiger partial charge in [0.1, 0.15) is 0 Å². The lowest BCUT2D eigenvalue weighted by Crippen LogP contribution is -2.40. The highest BCUT2D eigenvalue weighted by Crippen LogP contribution is 2.26. The molecule has 19 heavy (non-hydrogen) atoms. The average Bonchev–Trinajstić information content (AvgIpc) is 2.35. The summed E-state index contributed by atoms with van der Waals surface area (Å²) >= 11 is 0. The molecule has 0 saturated heterocycles. The van der Waals surface area contributed by atoms with Crippen LogP contribution in [0.1, 0.15) is 36.2 Å². The van der Waals surface area contributed by atoms with Crippen molar-refractivity contribution in [3.05, 3.63) is 29.3 Å². The number of nitrogens with one attached hydrogen (secondary N) is 1. The van der Waals surface area contributed by atoms with E-state index in [4.69, 9.17) is 0 Å². The summed E-state index contributed by atoms with van der Waals surface area (Å²) in [4.78, 5) is 14.1. The number of anilines is 1. The molecule has 1 aromatic rings. The number of carbonyl (C=O) groups excluding carboxylic acids is 1. The second-order valence-electron chi connectivity index (χ2n) is 5.84. The van der Waals surface area contributed by atoms with Gasteiger partial charge in [0.05, 0.1) is 5.60 Å². The monoisotopic (exact) mass is 262 g/mol. The number of rotatable bonds is 3. The van der Waals surface area contributed by atoms with Crippen LogP contribution in [0.3, 0.4) is 0 Å². The summed E-state index contributed by atoms with van der Waals surface area (Å²) in [6, 6.07) is 5.79. The van der Waals surface area contributed by atoms with Crippen molar-refractivity contribution in [2.45, 2.75) is 32.3 Å². The normalized spacial score (nSPS) is 14.5. The van der Waals surface area contributed by atoms with Crippen LogP contribution in [0.25, 0.3) is 0 Å². The van der Waals surface area contributed by atoms with Gasteiger partial charge in [-0.15, -0.1) is 0 Å². The molecule has 0 fully saturated rings. The molecule has 0 radical (unpaired) electrons. The first-order valence-electron chi connectivity index (χ1n) is 6.72. The number of nitrogens with zero attached hydrogens (tertiary/aromatic N) is 1. The van der Waals surface area contributed by atoms with Gasteiger partial charge >= 0.3 is 0 Å². The van der Waals surface area contributed by atoms with E-state index in [0.29, 0.717) is 6.54 Å². The van der Waals surface area contributed by atoms with Gasteiger partial charge in [0.15, 0.2) is 0 Å². The number of hydrogen-bond acceptors (Lipinski definition) is 3. The average molecular weight is 262 g/mol. The van der Waals surface area contributed by atoms with Crippen LogP contribution in [-0.4, -0.2) is 41.7 Å². The second kappa shape index (κ2) is 5.21. The third-order valence-corrected chi connectivity index (χ3v) is 3.30. The highest BCUT2D eigenvalue weighted by Gasteiger charge is 2.23. The molecule has 0 unspecified atom stereocenters. The Bertz CT molecular complexity index is 478.